The van der Waals surface area contributed by atoms with Gasteiger partial charge in [0.2, 0.25) is 0 Å². The molecule has 17 heavy (non-hydrogen) atoms. The Kier molecular flexibility index (Phi) is 2.95. The maximum absolute atomic E-state index is 11.9. The smallest absolute Gasteiger partial charge is 0.258 e. The highest BCUT2D eigenvalue weighted by Gasteiger charge is 2.08. The number of hydrogen-bond acceptors (Lipinski definition) is 2. The average molecular weight is 229 g/mol. The lowest BCUT2D eigenvalue weighted by atomic mass is 10.1. The largest absolute Gasteiger partial charge is 0.322 e. The van der Waals surface area contributed by atoms with Crippen molar-refractivity contribution in [2.24, 2.45) is 7.05 Å². The van der Waals surface area contributed by atoms with Gasteiger partial charge in [-0.25, -0.2) is 0 Å². The molecule has 0 aliphatic carbocycles. The first kappa shape index (κ1) is 11.4. The van der Waals surface area contributed by atoms with E-state index < -0.39 is 0 Å². The second kappa shape index (κ2) is 4.41. The minimum atomic E-state index is -0.136. The fraction of sp³-hybridized carbons (Fsp3) is 0.231. The van der Waals surface area contributed by atoms with Crippen molar-refractivity contribution in [2.75, 3.05) is 5.32 Å². The second-order valence-electron chi connectivity index (χ2n) is 4.23. The van der Waals surface area contributed by atoms with Crippen molar-refractivity contribution in [1.82, 2.24) is 9.78 Å². The van der Waals surface area contributed by atoms with Crippen molar-refractivity contribution in [2.45, 2.75) is 13.8 Å². The number of carbonyl (C=O) groups is 1. The van der Waals surface area contributed by atoms with E-state index in [2.05, 4.69) is 16.5 Å². The van der Waals surface area contributed by atoms with Crippen molar-refractivity contribution in [3.63, 3.8) is 0 Å². The molecule has 0 fully saturated rings. The molecule has 0 aliphatic rings. The maximum Gasteiger partial charge on any atom is 0.258 e. The summed E-state index contributed by atoms with van der Waals surface area (Å²) in [6.07, 6.45) is 3.25. The van der Waals surface area contributed by atoms with Crippen LogP contribution in [0.5, 0.6) is 0 Å². The Morgan fingerprint density at radius 2 is 1.88 bits per heavy atom. The third-order valence-electron chi connectivity index (χ3n) is 2.45. The highest BCUT2D eigenvalue weighted by Crippen LogP contribution is 2.14. The maximum atomic E-state index is 11.9. The Morgan fingerprint density at radius 3 is 2.41 bits per heavy atom. The number of anilines is 1. The summed E-state index contributed by atoms with van der Waals surface area (Å²) in [7, 11) is 1.79. The standard InChI is InChI=1S/C13H15N3O/c1-9-4-10(2)6-12(5-9)15-13(17)11-7-14-16(3)8-11/h4-8H,1-3H3,(H,15,17). The molecule has 0 saturated carbocycles. The number of aromatic nitrogens is 2. The molecule has 2 aromatic rings. The van der Waals surface area contributed by atoms with E-state index in [0.29, 0.717) is 5.56 Å². The molecule has 0 unspecified atom stereocenters. The number of aryl methyl sites for hydroxylation is 3. The van der Waals surface area contributed by atoms with Crippen molar-refractivity contribution in [3.05, 3.63) is 47.3 Å². The zero-order valence-corrected chi connectivity index (χ0v) is 10.2. The zero-order valence-electron chi connectivity index (χ0n) is 10.2. The lowest BCUT2D eigenvalue weighted by molar-refractivity contribution is 0.102. The highest BCUT2D eigenvalue weighted by atomic mass is 16.1. The Hall–Kier alpha value is -2.10. The summed E-state index contributed by atoms with van der Waals surface area (Å²) in [6, 6.07) is 5.96. The van der Waals surface area contributed by atoms with Gasteiger partial charge in [-0.15, -0.1) is 0 Å². The van der Waals surface area contributed by atoms with E-state index in [1.54, 1.807) is 24.1 Å². The van der Waals surface area contributed by atoms with Gasteiger partial charge < -0.3 is 5.32 Å². The molecule has 1 heterocycles. The van der Waals surface area contributed by atoms with E-state index in [0.717, 1.165) is 16.8 Å². The molecule has 0 spiro atoms. The summed E-state index contributed by atoms with van der Waals surface area (Å²) in [6.45, 7) is 4.01. The van der Waals surface area contributed by atoms with Gasteiger partial charge >= 0.3 is 0 Å². The first-order valence-electron chi connectivity index (χ1n) is 5.43. The van der Waals surface area contributed by atoms with Crippen LogP contribution in [0.3, 0.4) is 0 Å². The van der Waals surface area contributed by atoms with Crippen LogP contribution in [0.2, 0.25) is 0 Å². The van der Waals surface area contributed by atoms with E-state index in [-0.39, 0.29) is 5.91 Å². The second-order valence-corrected chi connectivity index (χ2v) is 4.23. The lowest BCUT2D eigenvalue weighted by Gasteiger charge is -2.06. The number of benzene rings is 1. The molecule has 2 rings (SSSR count). The molecular formula is C13H15N3O. The molecule has 4 heteroatoms. The normalized spacial score (nSPS) is 10.3. The summed E-state index contributed by atoms with van der Waals surface area (Å²) in [5.41, 5.74) is 3.64. The van der Waals surface area contributed by atoms with Gasteiger partial charge in [0.05, 0.1) is 11.8 Å². The van der Waals surface area contributed by atoms with Crippen LogP contribution in [0.25, 0.3) is 0 Å². The van der Waals surface area contributed by atoms with Gasteiger partial charge in [0.1, 0.15) is 0 Å². The van der Waals surface area contributed by atoms with E-state index in [1.165, 1.54) is 0 Å². The minimum absolute atomic E-state index is 0.136. The van der Waals surface area contributed by atoms with Crippen LogP contribution < -0.4 is 5.32 Å². The van der Waals surface area contributed by atoms with Crippen LogP contribution in [-0.4, -0.2) is 15.7 Å². The number of nitrogens with zero attached hydrogens (tertiary/aromatic N) is 2. The van der Waals surface area contributed by atoms with Crippen molar-refractivity contribution in [1.29, 1.82) is 0 Å². The first-order chi connectivity index (χ1) is 8.04. The third kappa shape index (κ3) is 2.72. The van der Waals surface area contributed by atoms with Crippen LogP contribution in [0.1, 0.15) is 21.5 Å². The zero-order chi connectivity index (χ0) is 12.4. The molecule has 0 aliphatic heterocycles. The van der Waals surface area contributed by atoms with Crippen LogP contribution in [0, 0.1) is 13.8 Å². The van der Waals surface area contributed by atoms with E-state index in [9.17, 15) is 4.79 Å². The third-order valence-corrected chi connectivity index (χ3v) is 2.45. The van der Waals surface area contributed by atoms with Gasteiger partial charge in [0.15, 0.2) is 0 Å². The molecule has 0 atom stereocenters. The summed E-state index contributed by atoms with van der Waals surface area (Å²) in [4.78, 5) is 11.9. The Balaban J connectivity index is 2.18. The Morgan fingerprint density at radius 1 is 1.24 bits per heavy atom. The molecule has 88 valence electrons. The van der Waals surface area contributed by atoms with Crippen LogP contribution in [0.4, 0.5) is 5.69 Å². The monoisotopic (exact) mass is 229 g/mol. The van der Waals surface area contributed by atoms with E-state index in [1.807, 2.05) is 26.0 Å². The number of rotatable bonds is 2. The quantitative estimate of drug-likeness (QED) is 0.858. The average Bonchev–Trinajstić information content (AvgIpc) is 2.63. The minimum Gasteiger partial charge on any atom is -0.322 e. The Labute approximate surface area is 100 Å². The van der Waals surface area contributed by atoms with Gasteiger partial charge in [-0.3, -0.25) is 9.48 Å². The SMILES string of the molecule is Cc1cc(C)cc(NC(=O)c2cnn(C)c2)c1. The molecule has 1 amide bonds. The van der Waals surface area contributed by atoms with Gasteiger partial charge in [-0.2, -0.15) is 5.10 Å². The summed E-state index contributed by atoms with van der Waals surface area (Å²) >= 11 is 0. The predicted molar refractivity (Wildman–Crippen MR) is 67.1 cm³/mol. The topological polar surface area (TPSA) is 46.9 Å². The number of nitrogens with one attached hydrogen (secondary N) is 1. The molecular weight excluding hydrogens is 214 g/mol. The summed E-state index contributed by atoms with van der Waals surface area (Å²) in [5.74, 6) is -0.136. The van der Waals surface area contributed by atoms with Crippen LogP contribution >= 0.6 is 0 Å². The first-order valence-corrected chi connectivity index (χ1v) is 5.43. The van der Waals surface area contributed by atoms with Gasteiger partial charge in [-0.05, 0) is 37.1 Å². The summed E-state index contributed by atoms with van der Waals surface area (Å²) < 4.78 is 1.61. The highest BCUT2D eigenvalue weighted by molar-refractivity contribution is 6.04. The number of hydrogen-bond donors (Lipinski definition) is 1. The van der Waals surface area contributed by atoms with Crippen LogP contribution in [0.15, 0.2) is 30.6 Å². The van der Waals surface area contributed by atoms with Crippen molar-refractivity contribution >= 4 is 11.6 Å². The predicted octanol–water partition coefficient (Wildman–Crippen LogP) is 2.29. The molecule has 0 bridgehead atoms. The van der Waals surface area contributed by atoms with Crippen molar-refractivity contribution in [3.8, 4) is 0 Å². The molecule has 0 saturated heterocycles. The molecule has 0 radical (unpaired) electrons. The fourth-order valence-corrected chi connectivity index (χ4v) is 1.79. The van der Waals surface area contributed by atoms with Crippen molar-refractivity contribution < 1.29 is 4.79 Å². The molecule has 4 nitrogen and oxygen atoms in total. The Bertz CT molecular complexity index is 537. The van der Waals surface area contributed by atoms with Gasteiger partial charge in [-0.1, -0.05) is 6.07 Å². The lowest BCUT2D eigenvalue weighted by Crippen LogP contribution is -2.11. The van der Waals surface area contributed by atoms with E-state index in [4.69, 9.17) is 0 Å². The molecule has 1 aromatic heterocycles. The number of amides is 1. The van der Waals surface area contributed by atoms with Crippen LogP contribution in [-0.2, 0) is 7.05 Å². The summed E-state index contributed by atoms with van der Waals surface area (Å²) in [5, 5.41) is 6.83. The van der Waals surface area contributed by atoms with Gasteiger partial charge in [0, 0.05) is 18.9 Å². The van der Waals surface area contributed by atoms with Gasteiger partial charge in [0.25, 0.3) is 5.91 Å². The molecule has 1 aromatic carbocycles. The molecule has 1 N–H and O–H groups in total. The van der Waals surface area contributed by atoms with E-state index >= 15 is 0 Å². The fourth-order valence-electron chi connectivity index (χ4n) is 1.79. The number of carbonyl (C=O) groups excluding carboxylic acids is 1.